The van der Waals surface area contributed by atoms with E-state index < -0.39 is 5.97 Å². The van der Waals surface area contributed by atoms with Crippen molar-refractivity contribution in [2.75, 3.05) is 19.6 Å². The Morgan fingerprint density at radius 3 is 2.62 bits per heavy atom. The van der Waals surface area contributed by atoms with Gasteiger partial charge in [0.05, 0.1) is 5.92 Å². The standard InChI is InChI=1S/C10H19NO2/c1-4-11-6-5-8(9(12)13)10(2,3)7-11/h8H,4-7H2,1-3H3,(H,12,13). The van der Waals surface area contributed by atoms with Crippen molar-refractivity contribution in [1.29, 1.82) is 0 Å². The Bertz CT molecular complexity index is 201. The zero-order valence-electron chi connectivity index (χ0n) is 8.71. The zero-order chi connectivity index (χ0) is 10.1. The highest BCUT2D eigenvalue weighted by molar-refractivity contribution is 5.71. The predicted octanol–water partition coefficient (Wildman–Crippen LogP) is 1.44. The van der Waals surface area contributed by atoms with Gasteiger partial charge in [-0.2, -0.15) is 0 Å². The molecule has 13 heavy (non-hydrogen) atoms. The molecule has 1 aliphatic rings. The average molecular weight is 185 g/mol. The third-order valence-corrected chi connectivity index (χ3v) is 3.05. The van der Waals surface area contributed by atoms with Crippen molar-refractivity contribution in [2.24, 2.45) is 11.3 Å². The van der Waals surface area contributed by atoms with Gasteiger partial charge < -0.3 is 10.0 Å². The lowest BCUT2D eigenvalue weighted by atomic mass is 9.74. The molecule has 0 aromatic heterocycles. The Labute approximate surface area is 79.7 Å². The molecule has 1 heterocycles. The van der Waals surface area contributed by atoms with Gasteiger partial charge in [-0.25, -0.2) is 0 Å². The van der Waals surface area contributed by atoms with Crippen LogP contribution in [0.3, 0.4) is 0 Å². The first-order valence-electron chi connectivity index (χ1n) is 4.92. The first-order valence-corrected chi connectivity index (χ1v) is 4.92. The van der Waals surface area contributed by atoms with E-state index in [1.165, 1.54) is 0 Å². The number of carboxylic acid groups (broad SMARTS) is 1. The minimum absolute atomic E-state index is 0.0832. The van der Waals surface area contributed by atoms with Crippen molar-refractivity contribution in [3.8, 4) is 0 Å². The van der Waals surface area contributed by atoms with E-state index in [9.17, 15) is 4.79 Å². The molecule has 1 unspecified atom stereocenters. The van der Waals surface area contributed by atoms with Gasteiger partial charge >= 0.3 is 5.97 Å². The summed E-state index contributed by atoms with van der Waals surface area (Å²) in [5.41, 5.74) is -0.0832. The highest BCUT2D eigenvalue weighted by atomic mass is 16.4. The van der Waals surface area contributed by atoms with Gasteiger partial charge in [-0.15, -0.1) is 0 Å². The summed E-state index contributed by atoms with van der Waals surface area (Å²) >= 11 is 0. The zero-order valence-corrected chi connectivity index (χ0v) is 8.71. The van der Waals surface area contributed by atoms with E-state index in [0.717, 1.165) is 26.1 Å². The monoisotopic (exact) mass is 185 g/mol. The summed E-state index contributed by atoms with van der Waals surface area (Å²) in [4.78, 5) is 13.3. The van der Waals surface area contributed by atoms with Crippen LogP contribution >= 0.6 is 0 Å². The third-order valence-electron chi connectivity index (χ3n) is 3.05. The Morgan fingerprint density at radius 2 is 2.23 bits per heavy atom. The lowest BCUT2D eigenvalue weighted by molar-refractivity contribution is -0.149. The van der Waals surface area contributed by atoms with Crippen LogP contribution in [0, 0.1) is 11.3 Å². The van der Waals surface area contributed by atoms with Crippen molar-refractivity contribution in [3.63, 3.8) is 0 Å². The molecule has 0 amide bonds. The molecular formula is C10H19NO2. The number of likely N-dealkylation sites (tertiary alicyclic amines) is 1. The highest BCUT2D eigenvalue weighted by Crippen LogP contribution is 2.34. The molecule has 1 N–H and O–H groups in total. The van der Waals surface area contributed by atoms with Crippen LogP contribution in [0.1, 0.15) is 27.2 Å². The highest BCUT2D eigenvalue weighted by Gasteiger charge is 2.39. The maximum absolute atomic E-state index is 10.9. The van der Waals surface area contributed by atoms with Gasteiger partial charge in [0.1, 0.15) is 0 Å². The van der Waals surface area contributed by atoms with Gasteiger partial charge in [-0.3, -0.25) is 4.79 Å². The normalized spacial score (nSPS) is 28.7. The van der Waals surface area contributed by atoms with E-state index in [1.54, 1.807) is 0 Å². The summed E-state index contributed by atoms with van der Waals surface area (Å²) in [6.07, 6.45) is 0.788. The molecule has 1 aliphatic heterocycles. The summed E-state index contributed by atoms with van der Waals surface area (Å²) in [5, 5.41) is 9.01. The number of hydrogen-bond donors (Lipinski definition) is 1. The van der Waals surface area contributed by atoms with E-state index in [0.29, 0.717) is 0 Å². The number of aliphatic carboxylic acids is 1. The molecule has 1 fully saturated rings. The number of piperidine rings is 1. The number of nitrogens with zero attached hydrogens (tertiary/aromatic N) is 1. The Hall–Kier alpha value is -0.570. The topological polar surface area (TPSA) is 40.5 Å². The van der Waals surface area contributed by atoms with Crippen molar-refractivity contribution in [1.82, 2.24) is 4.90 Å². The fourth-order valence-electron chi connectivity index (χ4n) is 2.20. The summed E-state index contributed by atoms with van der Waals surface area (Å²) in [6.45, 7) is 9.07. The van der Waals surface area contributed by atoms with Crippen LogP contribution in [0.15, 0.2) is 0 Å². The summed E-state index contributed by atoms with van der Waals surface area (Å²) in [7, 11) is 0. The van der Waals surface area contributed by atoms with Crippen LogP contribution in [0.5, 0.6) is 0 Å². The molecule has 1 rings (SSSR count). The molecule has 0 spiro atoms. The van der Waals surface area contributed by atoms with Crippen LogP contribution in [-0.2, 0) is 4.79 Å². The van der Waals surface area contributed by atoms with Gasteiger partial charge in [0.15, 0.2) is 0 Å². The van der Waals surface area contributed by atoms with Gasteiger partial charge in [0.25, 0.3) is 0 Å². The fourth-order valence-corrected chi connectivity index (χ4v) is 2.20. The second kappa shape index (κ2) is 3.66. The summed E-state index contributed by atoms with van der Waals surface area (Å²) < 4.78 is 0. The van der Waals surface area contributed by atoms with Gasteiger partial charge in [0, 0.05) is 6.54 Å². The molecular weight excluding hydrogens is 166 g/mol. The molecule has 3 heteroatoms. The smallest absolute Gasteiger partial charge is 0.307 e. The minimum Gasteiger partial charge on any atom is -0.481 e. The van der Waals surface area contributed by atoms with Gasteiger partial charge in [-0.05, 0) is 24.9 Å². The van der Waals surface area contributed by atoms with E-state index in [-0.39, 0.29) is 11.3 Å². The molecule has 3 nitrogen and oxygen atoms in total. The Morgan fingerprint density at radius 1 is 1.62 bits per heavy atom. The third kappa shape index (κ3) is 2.21. The second-order valence-corrected chi connectivity index (χ2v) is 4.54. The molecule has 76 valence electrons. The largest absolute Gasteiger partial charge is 0.481 e. The first-order chi connectivity index (χ1) is 5.97. The van der Waals surface area contributed by atoms with Crippen LogP contribution in [0.25, 0.3) is 0 Å². The molecule has 0 saturated carbocycles. The Balaban J connectivity index is 2.67. The fraction of sp³-hybridized carbons (Fsp3) is 0.900. The lowest BCUT2D eigenvalue weighted by Crippen LogP contribution is -2.48. The molecule has 0 aliphatic carbocycles. The predicted molar refractivity (Wildman–Crippen MR) is 51.6 cm³/mol. The molecule has 0 aromatic carbocycles. The molecule has 1 atom stereocenters. The minimum atomic E-state index is -0.638. The van der Waals surface area contributed by atoms with Crippen molar-refractivity contribution in [2.45, 2.75) is 27.2 Å². The van der Waals surface area contributed by atoms with E-state index in [1.807, 2.05) is 13.8 Å². The van der Waals surface area contributed by atoms with Crippen LogP contribution in [-0.4, -0.2) is 35.6 Å². The number of rotatable bonds is 2. The van der Waals surface area contributed by atoms with Crippen molar-refractivity contribution >= 4 is 5.97 Å². The Kier molecular flexibility index (Phi) is 2.96. The average Bonchev–Trinajstić information content (AvgIpc) is 2.01. The molecule has 0 radical (unpaired) electrons. The second-order valence-electron chi connectivity index (χ2n) is 4.54. The number of carboxylic acids is 1. The van der Waals surface area contributed by atoms with E-state index >= 15 is 0 Å². The lowest BCUT2D eigenvalue weighted by Gasteiger charge is -2.41. The quantitative estimate of drug-likeness (QED) is 0.707. The summed E-state index contributed by atoms with van der Waals surface area (Å²) in [6, 6.07) is 0. The number of carbonyl (C=O) groups is 1. The number of hydrogen-bond acceptors (Lipinski definition) is 2. The van der Waals surface area contributed by atoms with Gasteiger partial charge in [-0.1, -0.05) is 20.8 Å². The summed E-state index contributed by atoms with van der Waals surface area (Å²) in [5.74, 6) is -0.809. The van der Waals surface area contributed by atoms with Gasteiger partial charge in [0.2, 0.25) is 0 Å². The van der Waals surface area contributed by atoms with Crippen LogP contribution < -0.4 is 0 Å². The van der Waals surface area contributed by atoms with E-state index in [2.05, 4.69) is 11.8 Å². The van der Waals surface area contributed by atoms with Crippen LogP contribution in [0.2, 0.25) is 0 Å². The molecule has 0 aromatic rings. The van der Waals surface area contributed by atoms with Crippen molar-refractivity contribution in [3.05, 3.63) is 0 Å². The SMILES string of the molecule is CCN1CCC(C(=O)O)C(C)(C)C1. The maximum atomic E-state index is 10.9. The molecule has 0 bridgehead atoms. The van der Waals surface area contributed by atoms with Crippen LogP contribution in [0.4, 0.5) is 0 Å². The van der Waals surface area contributed by atoms with Crippen molar-refractivity contribution < 1.29 is 9.90 Å². The maximum Gasteiger partial charge on any atom is 0.307 e. The molecule has 1 saturated heterocycles. The van der Waals surface area contributed by atoms with E-state index in [4.69, 9.17) is 5.11 Å². The first kappa shape index (κ1) is 10.5.